The van der Waals surface area contributed by atoms with Crippen LogP contribution in [0.15, 0.2) is 0 Å². The third-order valence-corrected chi connectivity index (χ3v) is 2.80. The van der Waals surface area contributed by atoms with Gasteiger partial charge in [0.2, 0.25) is 0 Å². The van der Waals surface area contributed by atoms with Crippen molar-refractivity contribution in [3.05, 3.63) is 0 Å². The van der Waals surface area contributed by atoms with Gasteiger partial charge in [0.15, 0.2) is 6.10 Å². The molecule has 1 aliphatic rings. The van der Waals surface area contributed by atoms with Crippen LogP contribution in [0.1, 0.15) is 20.3 Å². The van der Waals surface area contributed by atoms with Gasteiger partial charge in [-0.1, -0.05) is 6.92 Å². The fraction of sp³-hybridized carbons (Fsp3) is 0.818. The Bertz CT molecular complexity index is 275. The SMILES string of the molecule is CC[C@@H](C)N(CC(=O)O)C(=O)[C@H]1COCCO1. The normalized spacial score (nSPS) is 21.9. The summed E-state index contributed by atoms with van der Waals surface area (Å²) < 4.78 is 10.4. The van der Waals surface area contributed by atoms with E-state index in [1.807, 2.05) is 13.8 Å². The van der Waals surface area contributed by atoms with Crippen molar-refractivity contribution in [2.75, 3.05) is 26.4 Å². The van der Waals surface area contributed by atoms with E-state index in [9.17, 15) is 9.59 Å². The highest BCUT2D eigenvalue weighted by atomic mass is 16.6. The summed E-state index contributed by atoms with van der Waals surface area (Å²) in [6.45, 7) is 4.48. The van der Waals surface area contributed by atoms with Crippen LogP contribution in [-0.2, 0) is 19.1 Å². The van der Waals surface area contributed by atoms with Gasteiger partial charge in [-0.25, -0.2) is 0 Å². The van der Waals surface area contributed by atoms with Crippen molar-refractivity contribution in [3.63, 3.8) is 0 Å². The molecule has 0 aromatic carbocycles. The Balaban J connectivity index is 2.66. The van der Waals surface area contributed by atoms with E-state index in [0.29, 0.717) is 19.6 Å². The maximum atomic E-state index is 12.1. The Morgan fingerprint density at radius 2 is 2.18 bits per heavy atom. The van der Waals surface area contributed by atoms with E-state index >= 15 is 0 Å². The Labute approximate surface area is 100 Å². The van der Waals surface area contributed by atoms with Crippen molar-refractivity contribution in [1.29, 1.82) is 0 Å². The van der Waals surface area contributed by atoms with Crippen molar-refractivity contribution in [2.24, 2.45) is 0 Å². The van der Waals surface area contributed by atoms with Crippen LogP contribution in [0.5, 0.6) is 0 Å². The van der Waals surface area contributed by atoms with Crippen molar-refractivity contribution < 1.29 is 24.2 Å². The molecule has 1 heterocycles. The standard InChI is InChI=1S/C11H19NO5/c1-3-8(2)12(6-10(13)14)11(15)9-7-16-4-5-17-9/h8-9H,3-7H2,1-2H3,(H,13,14)/t8-,9-/m1/s1. The van der Waals surface area contributed by atoms with E-state index in [0.717, 1.165) is 0 Å². The number of carboxylic acids is 1. The number of carboxylic acid groups (broad SMARTS) is 1. The molecule has 0 aromatic rings. The highest BCUT2D eigenvalue weighted by molar-refractivity contribution is 5.85. The van der Waals surface area contributed by atoms with E-state index in [4.69, 9.17) is 14.6 Å². The summed E-state index contributed by atoms with van der Waals surface area (Å²) in [6.07, 6.45) is 0.0316. The molecule has 98 valence electrons. The first-order valence-electron chi connectivity index (χ1n) is 5.77. The topological polar surface area (TPSA) is 76.1 Å². The molecule has 2 atom stereocenters. The van der Waals surface area contributed by atoms with Crippen molar-refractivity contribution in [3.8, 4) is 0 Å². The molecule has 0 saturated carbocycles. The number of rotatable bonds is 5. The maximum Gasteiger partial charge on any atom is 0.323 e. The van der Waals surface area contributed by atoms with Crippen LogP contribution < -0.4 is 0 Å². The van der Waals surface area contributed by atoms with Gasteiger partial charge in [0.05, 0.1) is 19.8 Å². The molecule has 0 aliphatic carbocycles. The third kappa shape index (κ3) is 3.98. The number of ether oxygens (including phenoxy) is 2. The second-order valence-corrected chi connectivity index (χ2v) is 4.05. The van der Waals surface area contributed by atoms with E-state index < -0.39 is 12.1 Å². The number of nitrogens with zero attached hydrogens (tertiary/aromatic N) is 1. The molecule has 1 amide bonds. The molecule has 6 heteroatoms. The van der Waals surface area contributed by atoms with Crippen LogP contribution in [-0.4, -0.2) is 60.4 Å². The lowest BCUT2D eigenvalue weighted by molar-refractivity contribution is -0.163. The van der Waals surface area contributed by atoms with Gasteiger partial charge in [0, 0.05) is 6.04 Å². The highest BCUT2D eigenvalue weighted by Gasteiger charge is 2.30. The van der Waals surface area contributed by atoms with Gasteiger partial charge in [-0.3, -0.25) is 9.59 Å². The molecule has 1 aliphatic heterocycles. The lowest BCUT2D eigenvalue weighted by Crippen LogP contribution is -2.50. The second kappa shape index (κ2) is 6.56. The Morgan fingerprint density at radius 1 is 1.47 bits per heavy atom. The number of aliphatic carboxylic acids is 1. The molecule has 1 fully saturated rings. The smallest absolute Gasteiger partial charge is 0.323 e. The largest absolute Gasteiger partial charge is 0.480 e. The van der Waals surface area contributed by atoms with Crippen LogP contribution in [0.4, 0.5) is 0 Å². The van der Waals surface area contributed by atoms with Crippen LogP contribution in [0.3, 0.4) is 0 Å². The lowest BCUT2D eigenvalue weighted by atomic mass is 10.2. The van der Waals surface area contributed by atoms with Gasteiger partial charge in [0.1, 0.15) is 6.54 Å². The van der Waals surface area contributed by atoms with E-state index in [1.54, 1.807) is 0 Å². The van der Waals surface area contributed by atoms with Crippen molar-refractivity contribution >= 4 is 11.9 Å². The lowest BCUT2D eigenvalue weighted by Gasteiger charge is -2.32. The molecule has 1 N–H and O–H groups in total. The predicted octanol–water partition coefficient (Wildman–Crippen LogP) is 0.114. The predicted molar refractivity (Wildman–Crippen MR) is 59.7 cm³/mol. The number of hydrogen-bond acceptors (Lipinski definition) is 4. The average molecular weight is 245 g/mol. The number of carbonyl (C=O) groups excluding carboxylic acids is 1. The minimum Gasteiger partial charge on any atom is -0.480 e. The Morgan fingerprint density at radius 3 is 2.65 bits per heavy atom. The average Bonchev–Trinajstić information content (AvgIpc) is 2.35. The molecule has 6 nitrogen and oxygen atoms in total. The van der Waals surface area contributed by atoms with Crippen LogP contribution in [0.2, 0.25) is 0 Å². The summed E-state index contributed by atoms with van der Waals surface area (Å²) in [5.41, 5.74) is 0. The van der Waals surface area contributed by atoms with E-state index in [1.165, 1.54) is 4.90 Å². The van der Waals surface area contributed by atoms with Gasteiger partial charge in [-0.15, -0.1) is 0 Å². The maximum absolute atomic E-state index is 12.1. The molecule has 0 radical (unpaired) electrons. The molecule has 0 aromatic heterocycles. The zero-order chi connectivity index (χ0) is 12.8. The number of hydrogen-bond donors (Lipinski definition) is 1. The summed E-state index contributed by atoms with van der Waals surface area (Å²) in [7, 11) is 0. The fourth-order valence-corrected chi connectivity index (χ4v) is 1.63. The summed E-state index contributed by atoms with van der Waals surface area (Å²) in [6, 6.07) is -0.121. The summed E-state index contributed by atoms with van der Waals surface area (Å²) in [5.74, 6) is -1.32. The Hall–Kier alpha value is -1.14. The molecule has 17 heavy (non-hydrogen) atoms. The molecule has 0 bridgehead atoms. The minimum atomic E-state index is -1.02. The zero-order valence-electron chi connectivity index (χ0n) is 10.2. The first-order valence-corrected chi connectivity index (χ1v) is 5.77. The first-order chi connectivity index (χ1) is 8.06. The van der Waals surface area contributed by atoms with E-state index in [-0.39, 0.29) is 25.1 Å². The summed E-state index contributed by atoms with van der Waals surface area (Å²) >= 11 is 0. The van der Waals surface area contributed by atoms with Gasteiger partial charge in [-0.05, 0) is 13.3 Å². The first kappa shape index (κ1) is 13.9. The van der Waals surface area contributed by atoms with Crippen LogP contribution in [0, 0.1) is 0 Å². The molecular formula is C11H19NO5. The van der Waals surface area contributed by atoms with Crippen molar-refractivity contribution in [1.82, 2.24) is 4.90 Å². The van der Waals surface area contributed by atoms with Crippen molar-refractivity contribution in [2.45, 2.75) is 32.4 Å². The van der Waals surface area contributed by atoms with Gasteiger partial charge in [0.25, 0.3) is 5.91 Å². The number of carbonyl (C=O) groups is 2. The molecular weight excluding hydrogens is 226 g/mol. The molecule has 1 rings (SSSR count). The number of amides is 1. The Kier molecular flexibility index (Phi) is 5.37. The monoisotopic (exact) mass is 245 g/mol. The quantitative estimate of drug-likeness (QED) is 0.744. The van der Waals surface area contributed by atoms with Crippen LogP contribution >= 0.6 is 0 Å². The zero-order valence-corrected chi connectivity index (χ0v) is 10.2. The molecule has 1 saturated heterocycles. The van der Waals surface area contributed by atoms with Crippen LogP contribution in [0.25, 0.3) is 0 Å². The van der Waals surface area contributed by atoms with Gasteiger partial charge in [-0.2, -0.15) is 0 Å². The molecule has 0 unspecified atom stereocenters. The van der Waals surface area contributed by atoms with Gasteiger partial charge < -0.3 is 19.5 Å². The highest BCUT2D eigenvalue weighted by Crippen LogP contribution is 2.10. The van der Waals surface area contributed by atoms with E-state index in [2.05, 4.69) is 0 Å². The fourth-order valence-electron chi connectivity index (χ4n) is 1.63. The molecule has 0 spiro atoms. The third-order valence-electron chi connectivity index (χ3n) is 2.80. The van der Waals surface area contributed by atoms with Gasteiger partial charge >= 0.3 is 5.97 Å². The summed E-state index contributed by atoms with van der Waals surface area (Å²) in [5, 5.41) is 8.81. The second-order valence-electron chi connectivity index (χ2n) is 4.05. The summed E-state index contributed by atoms with van der Waals surface area (Å²) in [4.78, 5) is 24.2. The minimum absolute atomic E-state index is 0.121.